The van der Waals surface area contributed by atoms with Gasteiger partial charge in [0.25, 0.3) is 0 Å². The van der Waals surface area contributed by atoms with E-state index in [1.807, 2.05) is 25.1 Å². The molecule has 2 heterocycles. The molecule has 0 N–H and O–H groups in total. The van der Waals surface area contributed by atoms with Crippen molar-refractivity contribution >= 4 is 11.8 Å². The highest BCUT2D eigenvalue weighted by atomic mass is 19.1. The van der Waals surface area contributed by atoms with Crippen LogP contribution in [0.25, 0.3) is 0 Å². The minimum Gasteiger partial charge on any atom is -0.363 e. The average Bonchev–Trinajstić information content (AvgIpc) is 2.58. The van der Waals surface area contributed by atoms with Crippen LogP contribution in [0.5, 0.6) is 0 Å². The molecule has 1 aliphatic rings. The summed E-state index contributed by atoms with van der Waals surface area (Å²) in [5, 5.41) is 0. The first-order valence-corrected chi connectivity index (χ1v) is 7.94. The maximum atomic E-state index is 13.8. The number of halogens is 2. The van der Waals surface area contributed by atoms with E-state index in [2.05, 4.69) is 19.8 Å². The number of aromatic nitrogens is 2. The minimum atomic E-state index is -0.543. The molecule has 1 saturated heterocycles. The molecule has 3 rings (SSSR count). The number of hydrogen-bond acceptors (Lipinski definition) is 5. The largest absolute Gasteiger partial charge is 0.363 e. The smallest absolute Gasteiger partial charge is 0.227 e. The van der Waals surface area contributed by atoms with E-state index in [1.54, 1.807) is 6.20 Å². The van der Waals surface area contributed by atoms with Gasteiger partial charge in [-0.05, 0) is 12.1 Å². The van der Waals surface area contributed by atoms with E-state index < -0.39 is 11.6 Å². The maximum Gasteiger partial charge on any atom is 0.227 e. The second-order valence-corrected chi connectivity index (χ2v) is 6.11. The fourth-order valence-electron chi connectivity index (χ4n) is 2.74. The Balaban J connectivity index is 1.60. The quantitative estimate of drug-likeness (QED) is 0.857. The molecule has 128 valence electrons. The van der Waals surface area contributed by atoms with Gasteiger partial charge >= 0.3 is 0 Å². The second kappa shape index (κ2) is 7.09. The Morgan fingerprint density at radius 2 is 1.83 bits per heavy atom. The lowest BCUT2D eigenvalue weighted by Gasteiger charge is -2.35. The Hall–Kier alpha value is -2.28. The third kappa shape index (κ3) is 3.79. The number of piperazine rings is 1. The van der Waals surface area contributed by atoms with Gasteiger partial charge in [-0.3, -0.25) is 4.90 Å². The lowest BCUT2D eigenvalue weighted by molar-refractivity contribution is 0.245. The van der Waals surface area contributed by atoms with Crippen LogP contribution in [-0.2, 0) is 6.54 Å². The summed E-state index contributed by atoms with van der Waals surface area (Å²) in [5.74, 6) is 0.558. The van der Waals surface area contributed by atoms with E-state index in [0.717, 1.165) is 38.1 Å². The number of nitrogens with zero attached hydrogens (tertiary/aromatic N) is 5. The highest BCUT2D eigenvalue weighted by Gasteiger charge is 2.20. The van der Waals surface area contributed by atoms with Crippen molar-refractivity contribution in [2.75, 3.05) is 50.1 Å². The fraction of sp³-hybridized carbons (Fsp3) is 0.412. The zero-order chi connectivity index (χ0) is 17.1. The molecule has 0 aliphatic carbocycles. The first kappa shape index (κ1) is 16.6. The van der Waals surface area contributed by atoms with Gasteiger partial charge in [-0.1, -0.05) is 6.07 Å². The molecule has 0 radical (unpaired) electrons. The molecular weight excluding hydrogens is 312 g/mol. The molecule has 24 heavy (non-hydrogen) atoms. The highest BCUT2D eigenvalue weighted by molar-refractivity contribution is 5.42. The first-order valence-electron chi connectivity index (χ1n) is 7.94. The first-order chi connectivity index (χ1) is 11.5. The van der Waals surface area contributed by atoms with Gasteiger partial charge in [-0.2, -0.15) is 4.98 Å². The van der Waals surface area contributed by atoms with Gasteiger partial charge in [0.1, 0.15) is 17.5 Å². The van der Waals surface area contributed by atoms with Gasteiger partial charge < -0.3 is 9.80 Å². The monoisotopic (exact) mass is 333 g/mol. The van der Waals surface area contributed by atoms with E-state index in [-0.39, 0.29) is 0 Å². The van der Waals surface area contributed by atoms with Crippen LogP contribution in [0.1, 0.15) is 5.56 Å². The van der Waals surface area contributed by atoms with Crippen LogP contribution >= 0.6 is 0 Å². The highest BCUT2D eigenvalue weighted by Crippen LogP contribution is 2.17. The van der Waals surface area contributed by atoms with Crippen molar-refractivity contribution in [1.82, 2.24) is 14.9 Å². The van der Waals surface area contributed by atoms with Crippen LogP contribution in [0, 0.1) is 11.6 Å². The lowest BCUT2D eigenvalue weighted by Crippen LogP contribution is -2.46. The van der Waals surface area contributed by atoms with Crippen LogP contribution in [0.15, 0.2) is 30.5 Å². The van der Waals surface area contributed by atoms with Gasteiger partial charge in [0.2, 0.25) is 5.95 Å². The van der Waals surface area contributed by atoms with Crippen LogP contribution in [0.3, 0.4) is 0 Å². The predicted octanol–water partition coefficient (Wildman–Crippen LogP) is 2.14. The molecule has 0 saturated carbocycles. The van der Waals surface area contributed by atoms with Gasteiger partial charge in [0.05, 0.1) is 0 Å². The Kier molecular flexibility index (Phi) is 4.89. The lowest BCUT2D eigenvalue weighted by atomic mass is 10.2. The predicted molar refractivity (Wildman–Crippen MR) is 90.2 cm³/mol. The third-order valence-corrected chi connectivity index (χ3v) is 4.15. The molecule has 0 bridgehead atoms. The standard InChI is InChI=1S/C17H21F2N5/c1-22(2)16-5-6-20-17(21-16)24-9-7-23(8-10-24)12-13-3-4-14(18)11-15(13)19/h3-6,11H,7-10,12H2,1-2H3. The molecule has 2 aromatic rings. The van der Waals surface area contributed by atoms with E-state index >= 15 is 0 Å². The summed E-state index contributed by atoms with van der Waals surface area (Å²) in [6.45, 7) is 3.61. The molecule has 1 aromatic heterocycles. The van der Waals surface area contributed by atoms with Gasteiger partial charge in [-0.15, -0.1) is 0 Å². The summed E-state index contributed by atoms with van der Waals surface area (Å²) in [6, 6.07) is 5.62. The zero-order valence-corrected chi connectivity index (χ0v) is 13.9. The number of benzene rings is 1. The summed E-state index contributed by atoms with van der Waals surface area (Å²) in [6.07, 6.45) is 1.76. The topological polar surface area (TPSA) is 35.5 Å². The molecule has 1 fully saturated rings. The van der Waals surface area contributed by atoms with Gasteiger partial charge in [0, 0.05) is 64.6 Å². The third-order valence-electron chi connectivity index (χ3n) is 4.15. The van der Waals surface area contributed by atoms with E-state index in [0.29, 0.717) is 18.1 Å². The molecule has 1 aromatic carbocycles. The van der Waals surface area contributed by atoms with Crippen LogP contribution in [-0.4, -0.2) is 55.1 Å². The van der Waals surface area contributed by atoms with Crippen molar-refractivity contribution < 1.29 is 8.78 Å². The summed E-state index contributed by atoms with van der Waals surface area (Å²) in [4.78, 5) is 15.1. The summed E-state index contributed by atoms with van der Waals surface area (Å²) >= 11 is 0. The SMILES string of the molecule is CN(C)c1ccnc(N2CCN(Cc3ccc(F)cc3F)CC2)n1. The molecule has 0 amide bonds. The fourth-order valence-corrected chi connectivity index (χ4v) is 2.74. The molecule has 0 atom stereocenters. The Morgan fingerprint density at radius 3 is 2.50 bits per heavy atom. The number of hydrogen-bond donors (Lipinski definition) is 0. The molecule has 5 nitrogen and oxygen atoms in total. The molecule has 0 unspecified atom stereocenters. The zero-order valence-electron chi connectivity index (χ0n) is 13.9. The van der Waals surface area contributed by atoms with Crippen molar-refractivity contribution in [3.63, 3.8) is 0 Å². The molecule has 1 aliphatic heterocycles. The number of anilines is 2. The molecular formula is C17H21F2N5. The summed E-state index contributed by atoms with van der Waals surface area (Å²) in [7, 11) is 3.89. The van der Waals surface area contributed by atoms with Crippen molar-refractivity contribution in [2.45, 2.75) is 6.54 Å². The Bertz CT molecular complexity index is 699. The van der Waals surface area contributed by atoms with Crippen LogP contribution < -0.4 is 9.80 Å². The normalized spacial score (nSPS) is 15.6. The molecule has 0 spiro atoms. The molecule has 7 heteroatoms. The Morgan fingerprint density at radius 1 is 1.08 bits per heavy atom. The summed E-state index contributed by atoms with van der Waals surface area (Å²) < 4.78 is 26.7. The van der Waals surface area contributed by atoms with Crippen LogP contribution in [0.2, 0.25) is 0 Å². The minimum absolute atomic E-state index is 0.485. The Labute approximate surface area is 140 Å². The van der Waals surface area contributed by atoms with Gasteiger partial charge in [-0.25, -0.2) is 13.8 Å². The average molecular weight is 333 g/mol. The van der Waals surface area contributed by atoms with Crippen molar-refractivity contribution in [3.05, 3.63) is 47.7 Å². The maximum absolute atomic E-state index is 13.8. The summed E-state index contributed by atoms with van der Waals surface area (Å²) in [5.41, 5.74) is 0.524. The number of rotatable bonds is 4. The van der Waals surface area contributed by atoms with Crippen molar-refractivity contribution in [1.29, 1.82) is 0 Å². The second-order valence-electron chi connectivity index (χ2n) is 6.11. The van der Waals surface area contributed by atoms with E-state index in [4.69, 9.17) is 0 Å². The van der Waals surface area contributed by atoms with E-state index in [1.165, 1.54) is 12.1 Å². The van der Waals surface area contributed by atoms with Gasteiger partial charge in [0.15, 0.2) is 0 Å². The van der Waals surface area contributed by atoms with Crippen molar-refractivity contribution in [2.24, 2.45) is 0 Å². The van der Waals surface area contributed by atoms with Crippen molar-refractivity contribution in [3.8, 4) is 0 Å². The van der Waals surface area contributed by atoms with Crippen LogP contribution in [0.4, 0.5) is 20.5 Å². The van der Waals surface area contributed by atoms with E-state index in [9.17, 15) is 8.78 Å².